The van der Waals surface area contributed by atoms with Gasteiger partial charge >= 0.3 is 0 Å². The molecule has 0 aliphatic rings. The highest BCUT2D eigenvalue weighted by atomic mass is 15.1. The molecule has 0 fully saturated rings. The van der Waals surface area contributed by atoms with Crippen LogP contribution in [0.3, 0.4) is 0 Å². The van der Waals surface area contributed by atoms with Crippen molar-refractivity contribution in [3.05, 3.63) is 0 Å². The number of unbranched alkanes of at least 4 members (excludes halogenated alkanes) is 2. The molecule has 0 aromatic rings. The molecule has 0 N–H and O–H groups in total. The van der Waals surface area contributed by atoms with Crippen molar-refractivity contribution < 1.29 is 5.71 Å². The Morgan fingerprint density at radius 3 is 1.70 bits per heavy atom. The lowest BCUT2D eigenvalue weighted by molar-refractivity contribution is 0.322. The number of nitrogens with zero attached hydrogens (tertiary/aromatic N) is 1. The Hall–Kier alpha value is -0.0400. The standard InChI is InChI=1S/C9H21N.4H2/c1-4-6-8-10(3)9-7-5-2;;;;/h4-9H2,1-3H3;4*1H. The molecular weight excluding hydrogens is 122 g/mol. The van der Waals surface area contributed by atoms with Gasteiger partial charge in [-0.25, -0.2) is 0 Å². The van der Waals surface area contributed by atoms with Crippen LogP contribution in [0.4, 0.5) is 0 Å². The van der Waals surface area contributed by atoms with Crippen molar-refractivity contribution in [2.24, 2.45) is 0 Å². The molecule has 0 amide bonds. The summed E-state index contributed by atoms with van der Waals surface area (Å²) in [4.78, 5) is 2.42. The average molecular weight is 151 g/mol. The van der Waals surface area contributed by atoms with Crippen LogP contribution in [-0.4, -0.2) is 25.0 Å². The Bertz CT molecular complexity index is 65.8. The van der Waals surface area contributed by atoms with Gasteiger partial charge in [-0.2, -0.15) is 0 Å². The van der Waals surface area contributed by atoms with Crippen molar-refractivity contribution in [1.82, 2.24) is 4.90 Å². The average Bonchev–Trinajstić information content (AvgIpc) is 1.97. The zero-order chi connectivity index (χ0) is 7.82. The SMILES string of the molecule is CCCCN(C)CCCC.[HH].[HH].[HH].[HH]. The van der Waals surface area contributed by atoms with Crippen LogP contribution < -0.4 is 0 Å². The minimum atomic E-state index is 0. The van der Waals surface area contributed by atoms with Gasteiger partial charge in [0.1, 0.15) is 0 Å². The molecule has 0 radical (unpaired) electrons. The minimum absolute atomic E-state index is 0. The van der Waals surface area contributed by atoms with Gasteiger partial charge < -0.3 is 4.90 Å². The van der Waals surface area contributed by atoms with Crippen LogP contribution in [0.15, 0.2) is 0 Å². The Kier molecular flexibility index (Phi) is 7.04. The van der Waals surface area contributed by atoms with Crippen LogP contribution >= 0.6 is 0 Å². The van der Waals surface area contributed by atoms with Gasteiger partial charge in [-0.3, -0.25) is 0 Å². The van der Waals surface area contributed by atoms with Gasteiger partial charge in [0, 0.05) is 5.71 Å². The lowest BCUT2D eigenvalue weighted by Crippen LogP contribution is -2.20. The Morgan fingerprint density at radius 1 is 1.00 bits per heavy atom. The molecule has 0 unspecified atom stereocenters. The van der Waals surface area contributed by atoms with E-state index in [0.29, 0.717) is 0 Å². The quantitative estimate of drug-likeness (QED) is 0.561. The van der Waals surface area contributed by atoms with E-state index in [-0.39, 0.29) is 5.71 Å². The molecule has 70 valence electrons. The predicted molar refractivity (Wildman–Crippen MR) is 55.8 cm³/mol. The first kappa shape index (κ1) is 9.96. The first-order valence-electron chi connectivity index (χ1n) is 4.49. The topological polar surface area (TPSA) is 3.24 Å². The normalized spacial score (nSPS) is 10.8. The highest BCUT2D eigenvalue weighted by molar-refractivity contribution is 4.49. The monoisotopic (exact) mass is 151 g/mol. The second kappa shape index (κ2) is 7.07. The second-order valence-corrected chi connectivity index (χ2v) is 3.01. The summed E-state index contributed by atoms with van der Waals surface area (Å²) in [5.74, 6) is 0. The number of hydrogen-bond acceptors (Lipinski definition) is 1. The molecule has 1 nitrogen and oxygen atoms in total. The van der Waals surface area contributed by atoms with Crippen molar-refractivity contribution >= 4 is 0 Å². The van der Waals surface area contributed by atoms with Gasteiger partial charge in [0.25, 0.3) is 0 Å². The van der Waals surface area contributed by atoms with E-state index < -0.39 is 0 Å². The third kappa shape index (κ3) is 6.09. The molecule has 0 spiro atoms. The molecule has 0 aliphatic heterocycles. The lowest BCUT2D eigenvalue weighted by atomic mass is 10.3. The molecule has 0 atom stereocenters. The zero-order valence-electron chi connectivity index (χ0n) is 7.69. The third-order valence-electron chi connectivity index (χ3n) is 1.79. The van der Waals surface area contributed by atoms with Crippen molar-refractivity contribution in [2.45, 2.75) is 39.5 Å². The summed E-state index contributed by atoms with van der Waals surface area (Å²) in [5.41, 5.74) is 0. The summed E-state index contributed by atoms with van der Waals surface area (Å²) < 4.78 is 0. The summed E-state index contributed by atoms with van der Waals surface area (Å²) in [7, 11) is 2.21. The first-order valence-corrected chi connectivity index (χ1v) is 4.49. The van der Waals surface area contributed by atoms with E-state index in [9.17, 15) is 0 Å². The maximum absolute atomic E-state index is 2.42. The van der Waals surface area contributed by atoms with E-state index in [0.717, 1.165) is 0 Å². The minimum Gasteiger partial charge on any atom is -0.306 e. The van der Waals surface area contributed by atoms with Crippen molar-refractivity contribution in [1.29, 1.82) is 0 Å². The van der Waals surface area contributed by atoms with Crippen LogP contribution in [0.2, 0.25) is 0 Å². The van der Waals surface area contributed by atoms with Crippen molar-refractivity contribution in [3.8, 4) is 0 Å². The molecule has 0 heterocycles. The van der Waals surface area contributed by atoms with Gasteiger partial charge in [-0.05, 0) is 33.0 Å². The van der Waals surface area contributed by atoms with Crippen LogP contribution in [0.5, 0.6) is 0 Å². The highest BCUT2D eigenvalue weighted by Gasteiger charge is 1.94. The van der Waals surface area contributed by atoms with E-state index in [1.54, 1.807) is 0 Å². The lowest BCUT2D eigenvalue weighted by Gasteiger charge is -2.14. The summed E-state index contributed by atoms with van der Waals surface area (Å²) in [6, 6.07) is 0. The van der Waals surface area contributed by atoms with Crippen LogP contribution in [0.25, 0.3) is 0 Å². The van der Waals surface area contributed by atoms with E-state index in [1.165, 1.54) is 38.8 Å². The predicted octanol–water partition coefficient (Wildman–Crippen LogP) is 3.50. The molecule has 0 saturated carbocycles. The first-order chi connectivity index (χ1) is 4.81. The molecule has 1 heteroatoms. The maximum atomic E-state index is 2.42. The second-order valence-electron chi connectivity index (χ2n) is 3.01. The Labute approximate surface area is 71.4 Å². The zero-order valence-corrected chi connectivity index (χ0v) is 7.69. The van der Waals surface area contributed by atoms with Crippen LogP contribution in [0, 0.1) is 0 Å². The summed E-state index contributed by atoms with van der Waals surface area (Å²) in [6.45, 7) is 7.04. The smallest absolute Gasteiger partial charge is 0 e. The highest BCUT2D eigenvalue weighted by Crippen LogP contribution is 1.94. The fourth-order valence-corrected chi connectivity index (χ4v) is 0.968. The molecule has 0 saturated heterocycles. The van der Waals surface area contributed by atoms with Gasteiger partial charge in [0.05, 0.1) is 0 Å². The molecule has 0 aliphatic carbocycles. The van der Waals surface area contributed by atoms with Gasteiger partial charge in [-0.1, -0.05) is 26.7 Å². The van der Waals surface area contributed by atoms with E-state index in [1.807, 2.05) is 0 Å². The van der Waals surface area contributed by atoms with Gasteiger partial charge in [0.15, 0.2) is 0 Å². The fourth-order valence-electron chi connectivity index (χ4n) is 0.968. The third-order valence-corrected chi connectivity index (χ3v) is 1.79. The van der Waals surface area contributed by atoms with Crippen molar-refractivity contribution in [2.75, 3.05) is 20.1 Å². The Balaban J connectivity index is -0.0000000675. The Morgan fingerprint density at radius 2 is 1.40 bits per heavy atom. The van der Waals surface area contributed by atoms with E-state index in [2.05, 4.69) is 25.8 Å². The molecule has 0 rings (SSSR count). The fraction of sp³-hybridized carbons (Fsp3) is 1.00. The summed E-state index contributed by atoms with van der Waals surface area (Å²) in [5, 5.41) is 0. The van der Waals surface area contributed by atoms with Gasteiger partial charge in [0.2, 0.25) is 0 Å². The molecule has 0 aromatic carbocycles. The van der Waals surface area contributed by atoms with E-state index in [4.69, 9.17) is 0 Å². The number of rotatable bonds is 6. The van der Waals surface area contributed by atoms with Crippen molar-refractivity contribution in [3.63, 3.8) is 0 Å². The number of hydrogen-bond donors (Lipinski definition) is 0. The molecular formula is C9H29N. The summed E-state index contributed by atoms with van der Waals surface area (Å²) >= 11 is 0. The van der Waals surface area contributed by atoms with Gasteiger partial charge in [-0.15, -0.1) is 0 Å². The van der Waals surface area contributed by atoms with E-state index >= 15 is 0 Å². The maximum Gasteiger partial charge on any atom is 0 e. The van der Waals surface area contributed by atoms with Crippen LogP contribution in [-0.2, 0) is 0 Å². The molecule has 0 bridgehead atoms. The van der Waals surface area contributed by atoms with Crippen LogP contribution in [0.1, 0.15) is 45.2 Å². The molecule has 0 aromatic heterocycles. The molecule has 10 heavy (non-hydrogen) atoms. The summed E-state index contributed by atoms with van der Waals surface area (Å²) in [6.07, 6.45) is 5.33. The largest absolute Gasteiger partial charge is 0.306 e.